The zero-order valence-electron chi connectivity index (χ0n) is 41.7. The molecule has 0 aliphatic carbocycles. The molecule has 6 aromatic rings. The van der Waals surface area contributed by atoms with Crippen LogP contribution in [-0.4, -0.2) is 112 Å². The van der Waals surface area contributed by atoms with Crippen LogP contribution in [0.4, 0.5) is 34.1 Å². The Bertz CT molecular complexity index is 3210. The lowest BCUT2D eigenvalue weighted by atomic mass is 10.3. The summed E-state index contributed by atoms with van der Waals surface area (Å²) < 4.78 is 9.35. The minimum absolute atomic E-state index is 0.0217. The zero-order valence-corrected chi connectivity index (χ0v) is 41.7. The maximum atomic E-state index is 12.9. The molecule has 18 N–H and O–H groups in total. The Balaban J connectivity index is 0.000000280. The van der Waals surface area contributed by atoms with Crippen molar-refractivity contribution in [3.05, 3.63) is 108 Å². The molecule has 6 rings (SSSR count). The molecule has 0 radical (unpaired) electrons. The van der Waals surface area contributed by atoms with Gasteiger partial charge in [-0.1, -0.05) is 0 Å². The third-order valence-electron chi connectivity index (χ3n) is 10.7. The highest BCUT2D eigenvalue weighted by molar-refractivity contribution is 6.09. The first-order valence-electron chi connectivity index (χ1n) is 22.4. The number of nitrogens with two attached hydrogens (primary N) is 4. The van der Waals surface area contributed by atoms with Crippen molar-refractivity contribution in [3.63, 3.8) is 0 Å². The molecule has 8 amide bonds. The van der Waals surface area contributed by atoms with E-state index >= 15 is 0 Å². The number of hydrogen-bond acceptors (Lipinski definition) is 11. The molecule has 0 atom stereocenters. The van der Waals surface area contributed by atoms with Crippen molar-refractivity contribution in [1.82, 2.24) is 38.0 Å². The van der Waals surface area contributed by atoms with Crippen LogP contribution in [0, 0.1) is 10.8 Å². The Kier molecular flexibility index (Phi) is 18.3. The van der Waals surface area contributed by atoms with Crippen LogP contribution in [-0.2, 0) is 51.9 Å². The second-order valence-corrected chi connectivity index (χ2v) is 16.8. The van der Waals surface area contributed by atoms with E-state index in [0.717, 1.165) is 0 Å². The molecule has 6 heterocycles. The van der Waals surface area contributed by atoms with E-state index in [9.17, 15) is 38.4 Å². The van der Waals surface area contributed by atoms with Crippen LogP contribution < -0.4 is 65.5 Å². The van der Waals surface area contributed by atoms with Gasteiger partial charge in [0.15, 0.2) is 5.96 Å². The average Bonchev–Trinajstić information content (AvgIpc) is 4.19. The van der Waals surface area contributed by atoms with Crippen molar-refractivity contribution in [2.45, 2.75) is 12.8 Å². The summed E-state index contributed by atoms with van der Waals surface area (Å²) in [5, 5.41) is 35.8. The van der Waals surface area contributed by atoms with Crippen molar-refractivity contribution in [1.29, 1.82) is 10.8 Å². The van der Waals surface area contributed by atoms with Gasteiger partial charge in [-0.15, -0.1) is 0 Å². The van der Waals surface area contributed by atoms with Gasteiger partial charge in [0.1, 0.15) is 40.7 Å². The van der Waals surface area contributed by atoms with Crippen LogP contribution in [0.1, 0.15) is 75.8 Å². The van der Waals surface area contributed by atoms with Gasteiger partial charge in [-0.05, 0) is 36.4 Å². The van der Waals surface area contributed by atoms with E-state index < -0.39 is 29.5 Å². The molecule has 0 saturated carbocycles. The Labute approximate surface area is 428 Å². The summed E-state index contributed by atoms with van der Waals surface area (Å²) in [5.74, 6) is -3.21. The molecule has 0 aliphatic rings. The van der Waals surface area contributed by atoms with Crippen LogP contribution in [0.5, 0.6) is 0 Å². The number of nitrogens with zero attached hydrogens (tertiary/aromatic N) is 7. The monoisotopic (exact) mass is 1030 g/mol. The predicted octanol–water partition coefficient (Wildman–Crippen LogP) is 0.305. The van der Waals surface area contributed by atoms with E-state index in [1.807, 2.05) is 0 Å². The number of aliphatic imine (C=N–C) groups is 1. The fourth-order valence-corrected chi connectivity index (χ4v) is 7.18. The largest absolute Gasteiger partial charge is 0.388 e. The molecule has 29 heteroatoms. The van der Waals surface area contributed by atoms with Crippen LogP contribution in [0.25, 0.3) is 0 Å². The second kappa shape index (κ2) is 24.7. The number of amidine groups is 2. The predicted molar refractivity (Wildman–Crippen MR) is 281 cm³/mol. The first kappa shape index (κ1) is 55.6. The maximum Gasteiger partial charge on any atom is 0.272 e. The molecule has 29 nitrogen and oxygen atoms in total. The first-order chi connectivity index (χ1) is 35.4. The average molecular weight is 1030 g/mol. The quantitative estimate of drug-likeness (QED) is 0.0263. The molecule has 0 aromatic carbocycles. The molecular formula is C46H59N21O8. The molecule has 75 heavy (non-hydrogen) atoms. The van der Waals surface area contributed by atoms with E-state index in [1.165, 1.54) is 41.0 Å². The lowest BCUT2D eigenvalue weighted by Gasteiger charge is -2.04. The summed E-state index contributed by atoms with van der Waals surface area (Å²) in [6.45, 7) is 0.194. The number of aryl methyl sites for hydroxylation is 6. The number of hydrogen-bond donors (Lipinski definition) is 14. The zero-order chi connectivity index (χ0) is 55.3. The number of aromatic nitrogens is 6. The van der Waals surface area contributed by atoms with Crippen LogP contribution in [0.15, 0.2) is 78.6 Å². The summed E-state index contributed by atoms with van der Waals surface area (Å²) in [4.78, 5) is 102. The molecule has 0 saturated heterocycles. The standard InChI is InChI=1S/C24H32N12O4.C22H27N9O4/c1-34-11-14(7-16(34)21(38)29-5-4-19(25)26)32-23(40)18-8-15(12-36(18)3)33-22(39)17-6-13(10-35(17)2)31-20(37)9-30-24(27)28;1-29-9-13(26-12-32)6-17(29)21(34)28-15-8-18(31(3)11-15)22(35)27-14-7-16(30(2)10-14)20(33)25-5-4-19(23)24/h6-8,10-12H,4-5,9H2,1-3H3,(H3,25,26)(H,29,38)(H,31,37)(H,32,40)(H,33,39)(H4,27,28,30);6-12H,4-5H2,1-3H3,(H3,23,24)(H,25,33)(H,26,32)(H,27,35)(H,28,34). The second-order valence-electron chi connectivity index (χ2n) is 16.8. The molecule has 0 fully saturated rings. The Morgan fingerprint density at radius 1 is 0.453 bits per heavy atom. The molecule has 6 aromatic heterocycles. The topological polar surface area (TPSA) is 427 Å². The highest BCUT2D eigenvalue weighted by Crippen LogP contribution is 2.22. The summed E-state index contributed by atoms with van der Waals surface area (Å²) in [7, 11) is 9.96. The third-order valence-corrected chi connectivity index (χ3v) is 10.7. The molecule has 0 bridgehead atoms. The van der Waals surface area contributed by atoms with Gasteiger partial charge >= 0.3 is 0 Å². The summed E-state index contributed by atoms with van der Waals surface area (Å²) in [6.07, 6.45) is 10.5. The minimum Gasteiger partial charge on any atom is -0.388 e. The third kappa shape index (κ3) is 15.3. The van der Waals surface area contributed by atoms with Crippen molar-refractivity contribution in [2.75, 3.05) is 51.5 Å². The summed E-state index contributed by atoms with van der Waals surface area (Å²) >= 11 is 0. The first-order valence-corrected chi connectivity index (χ1v) is 22.4. The van der Waals surface area contributed by atoms with E-state index in [1.54, 1.807) is 102 Å². The van der Waals surface area contributed by atoms with Gasteiger partial charge in [0.05, 0.1) is 45.8 Å². The van der Waals surface area contributed by atoms with E-state index in [2.05, 4.69) is 47.5 Å². The van der Waals surface area contributed by atoms with Gasteiger partial charge in [0.2, 0.25) is 12.3 Å². The lowest BCUT2D eigenvalue weighted by Crippen LogP contribution is -2.28. The van der Waals surface area contributed by atoms with Crippen LogP contribution in [0.3, 0.4) is 0 Å². The SMILES string of the molecule is Cn1cc(NC(=O)c2cc(NC(=O)c3cc(NC(=O)CN=C(N)N)cn3C)cn2C)cc1C(=O)NCCC(=N)N.Cn1cc(NC(=O)c2cc(NC(=O)c3cc(NC=O)cn3C)cn2C)cc1C(=O)NCCC(=N)N. The summed E-state index contributed by atoms with van der Waals surface area (Å²) in [5.41, 5.74) is 25.3. The van der Waals surface area contributed by atoms with Crippen molar-refractivity contribution < 1.29 is 38.4 Å². The Morgan fingerprint density at radius 2 is 0.720 bits per heavy atom. The number of carbonyl (C=O) groups is 8. The van der Waals surface area contributed by atoms with Gasteiger partial charge in [-0.3, -0.25) is 49.2 Å². The molecule has 0 unspecified atom stereocenters. The van der Waals surface area contributed by atoms with Crippen molar-refractivity contribution >= 4 is 99.5 Å². The number of anilines is 6. The maximum absolute atomic E-state index is 12.9. The number of guanidine groups is 1. The number of carbonyl (C=O) groups excluding carboxylic acids is 8. The van der Waals surface area contributed by atoms with E-state index in [4.69, 9.17) is 33.8 Å². The van der Waals surface area contributed by atoms with Gasteiger partial charge in [-0.25, -0.2) is 4.99 Å². The minimum atomic E-state index is -0.465. The van der Waals surface area contributed by atoms with Crippen LogP contribution in [0.2, 0.25) is 0 Å². The number of amides is 8. The summed E-state index contributed by atoms with van der Waals surface area (Å²) in [6, 6.07) is 9.11. The van der Waals surface area contributed by atoms with Gasteiger partial charge in [-0.2, -0.15) is 0 Å². The molecule has 0 aliphatic heterocycles. The fraction of sp³-hybridized carbons (Fsp3) is 0.239. The smallest absolute Gasteiger partial charge is 0.272 e. The number of nitrogens with one attached hydrogen (secondary N) is 10. The normalized spacial score (nSPS) is 10.5. The van der Waals surface area contributed by atoms with Crippen LogP contribution >= 0.6 is 0 Å². The van der Waals surface area contributed by atoms with Gasteiger partial charge < -0.3 is 92.9 Å². The fourth-order valence-electron chi connectivity index (χ4n) is 7.18. The molecule has 396 valence electrons. The molecular weight excluding hydrogens is 975 g/mol. The van der Waals surface area contributed by atoms with E-state index in [-0.39, 0.29) is 79.0 Å². The van der Waals surface area contributed by atoms with E-state index in [0.29, 0.717) is 57.6 Å². The highest BCUT2D eigenvalue weighted by atomic mass is 16.2. The highest BCUT2D eigenvalue weighted by Gasteiger charge is 2.21. The van der Waals surface area contributed by atoms with Gasteiger partial charge in [0, 0.05) is 105 Å². The molecule has 0 spiro atoms. The van der Waals surface area contributed by atoms with Crippen molar-refractivity contribution in [2.24, 2.45) is 70.2 Å². The Hall–Kier alpha value is -10.4. The Morgan fingerprint density at radius 3 is 1.00 bits per heavy atom. The number of rotatable bonds is 21. The van der Waals surface area contributed by atoms with Gasteiger partial charge in [0.25, 0.3) is 35.4 Å². The van der Waals surface area contributed by atoms with Crippen molar-refractivity contribution in [3.8, 4) is 0 Å². The lowest BCUT2D eigenvalue weighted by molar-refractivity contribution is -0.114.